The molecule has 1 amide bonds. The van der Waals surface area contributed by atoms with Gasteiger partial charge in [0.05, 0.1) is 11.4 Å². The minimum atomic E-state index is -0.0424. The van der Waals surface area contributed by atoms with Crippen molar-refractivity contribution >= 4 is 38.7 Å². The molecule has 3 aromatic heterocycles. The molecule has 26 heavy (non-hydrogen) atoms. The van der Waals surface area contributed by atoms with E-state index < -0.39 is 0 Å². The largest absolute Gasteiger partial charge is 0.302 e. The van der Waals surface area contributed by atoms with Crippen LogP contribution in [0.25, 0.3) is 4.96 Å². The lowest BCUT2D eigenvalue weighted by atomic mass is 9.96. The summed E-state index contributed by atoms with van der Waals surface area (Å²) < 4.78 is 1.56. The number of anilines is 1. The van der Waals surface area contributed by atoms with Crippen LogP contribution in [-0.2, 0) is 11.3 Å². The Morgan fingerprint density at radius 1 is 1.31 bits per heavy atom. The lowest BCUT2D eigenvalue weighted by Crippen LogP contribution is -2.38. The zero-order valence-corrected chi connectivity index (χ0v) is 16.0. The van der Waals surface area contributed by atoms with Gasteiger partial charge in [-0.25, -0.2) is 9.97 Å². The highest BCUT2D eigenvalue weighted by molar-refractivity contribution is 7.15. The van der Waals surface area contributed by atoms with E-state index in [4.69, 9.17) is 0 Å². The van der Waals surface area contributed by atoms with E-state index in [1.165, 1.54) is 22.7 Å². The van der Waals surface area contributed by atoms with Crippen LogP contribution in [0.3, 0.4) is 0 Å². The first-order valence-electron chi connectivity index (χ1n) is 8.49. The van der Waals surface area contributed by atoms with Crippen LogP contribution in [0.4, 0.5) is 5.13 Å². The quantitative estimate of drug-likeness (QED) is 0.741. The van der Waals surface area contributed by atoms with Crippen LogP contribution in [0.15, 0.2) is 27.8 Å². The van der Waals surface area contributed by atoms with E-state index in [-0.39, 0.29) is 17.4 Å². The molecule has 4 rings (SSSR count). The summed E-state index contributed by atoms with van der Waals surface area (Å²) in [6.45, 7) is 4.20. The van der Waals surface area contributed by atoms with Crippen LogP contribution in [0.5, 0.6) is 0 Å². The summed E-state index contributed by atoms with van der Waals surface area (Å²) in [6, 6.07) is 1.60. The van der Waals surface area contributed by atoms with Crippen molar-refractivity contribution in [2.75, 3.05) is 18.4 Å². The molecule has 0 aromatic carbocycles. The van der Waals surface area contributed by atoms with Crippen molar-refractivity contribution in [2.24, 2.45) is 5.92 Å². The summed E-state index contributed by atoms with van der Waals surface area (Å²) >= 11 is 2.91. The van der Waals surface area contributed by atoms with Gasteiger partial charge in [0.2, 0.25) is 5.91 Å². The number of fused-ring (bicyclic) bond motifs is 1. The van der Waals surface area contributed by atoms with Gasteiger partial charge in [0.15, 0.2) is 10.1 Å². The van der Waals surface area contributed by atoms with Gasteiger partial charge in [0.1, 0.15) is 0 Å². The fourth-order valence-corrected chi connectivity index (χ4v) is 4.60. The molecule has 4 heterocycles. The molecule has 0 aliphatic carbocycles. The number of aromatic nitrogens is 3. The number of nitrogens with zero attached hydrogens (tertiary/aromatic N) is 4. The topological polar surface area (TPSA) is 79.6 Å². The number of thiazole rings is 2. The van der Waals surface area contributed by atoms with Gasteiger partial charge in [-0.15, -0.1) is 22.7 Å². The molecule has 1 aliphatic heterocycles. The van der Waals surface area contributed by atoms with Crippen LogP contribution in [0.1, 0.15) is 24.2 Å². The third-order valence-electron chi connectivity index (χ3n) is 4.55. The molecule has 3 aromatic rings. The predicted molar refractivity (Wildman–Crippen MR) is 103 cm³/mol. The fraction of sp³-hybridized carbons (Fsp3) is 0.412. The van der Waals surface area contributed by atoms with Crippen LogP contribution in [0.2, 0.25) is 0 Å². The highest BCUT2D eigenvalue weighted by Crippen LogP contribution is 2.22. The Balaban J connectivity index is 1.34. The lowest BCUT2D eigenvalue weighted by Gasteiger charge is -2.30. The first-order chi connectivity index (χ1) is 12.6. The van der Waals surface area contributed by atoms with Crippen LogP contribution >= 0.6 is 22.7 Å². The van der Waals surface area contributed by atoms with Gasteiger partial charge in [-0.3, -0.25) is 18.9 Å². The molecule has 1 saturated heterocycles. The second kappa shape index (κ2) is 7.26. The van der Waals surface area contributed by atoms with Gasteiger partial charge in [-0.05, 0) is 32.9 Å². The number of nitrogens with one attached hydrogen (secondary N) is 1. The van der Waals surface area contributed by atoms with Crippen molar-refractivity contribution in [3.8, 4) is 0 Å². The molecule has 9 heteroatoms. The highest BCUT2D eigenvalue weighted by Gasteiger charge is 2.26. The molecule has 0 spiro atoms. The molecular formula is C17H19N5O2S2. The zero-order chi connectivity index (χ0) is 18.1. The van der Waals surface area contributed by atoms with Crippen molar-refractivity contribution in [3.63, 3.8) is 0 Å². The average molecular weight is 390 g/mol. The van der Waals surface area contributed by atoms with E-state index in [1.54, 1.807) is 16.7 Å². The number of aryl methyl sites for hydroxylation is 1. The standard InChI is InChI=1S/C17H19N5O2S2/c1-11-10-26-16(18-11)20-15(24)12-2-4-21(5-3-12)9-13-8-14(23)22-6-7-25-17(22)19-13/h6-8,10,12H,2-5,9H2,1H3,(H,18,20,24). The second-order valence-corrected chi connectivity index (χ2v) is 8.21. The molecule has 0 saturated carbocycles. The maximum Gasteiger partial charge on any atom is 0.258 e. The molecule has 0 atom stereocenters. The van der Waals surface area contributed by atoms with Gasteiger partial charge in [0, 0.05) is 35.5 Å². The smallest absolute Gasteiger partial charge is 0.258 e. The monoisotopic (exact) mass is 389 g/mol. The Kier molecular flexibility index (Phi) is 4.84. The van der Waals surface area contributed by atoms with E-state index in [0.717, 1.165) is 42.3 Å². The number of carbonyl (C=O) groups is 1. The zero-order valence-electron chi connectivity index (χ0n) is 14.3. The number of hydrogen-bond acceptors (Lipinski definition) is 7. The Labute approximate surface area is 158 Å². The van der Waals surface area contributed by atoms with Gasteiger partial charge in [-0.1, -0.05) is 0 Å². The fourth-order valence-electron chi connectivity index (χ4n) is 3.17. The summed E-state index contributed by atoms with van der Waals surface area (Å²) in [6.07, 6.45) is 3.35. The SMILES string of the molecule is Cc1csc(NC(=O)C2CCN(Cc3cc(=O)n4ccsc4n3)CC2)n1. The number of likely N-dealkylation sites (tertiary alicyclic amines) is 1. The third kappa shape index (κ3) is 3.69. The summed E-state index contributed by atoms with van der Waals surface area (Å²) in [4.78, 5) is 36.3. The van der Waals surface area contributed by atoms with Crippen LogP contribution < -0.4 is 10.9 Å². The molecule has 0 bridgehead atoms. The van der Waals surface area contributed by atoms with E-state index in [1.807, 2.05) is 17.7 Å². The Morgan fingerprint density at radius 2 is 2.12 bits per heavy atom. The van der Waals surface area contributed by atoms with Crippen molar-refractivity contribution in [3.05, 3.63) is 44.8 Å². The van der Waals surface area contributed by atoms with Crippen LogP contribution in [-0.4, -0.2) is 38.3 Å². The summed E-state index contributed by atoms with van der Waals surface area (Å²) in [5.74, 6) is 0.0594. The number of carbonyl (C=O) groups excluding carboxylic acids is 1. The number of amides is 1. The molecule has 1 fully saturated rings. The Hall–Kier alpha value is -2.10. The average Bonchev–Trinajstić information content (AvgIpc) is 3.24. The predicted octanol–water partition coefficient (Wildman–Crippen LogP) is 2.37. The van der Waals surface area contributed by atoms with E-state index in [2.05, 4.69) is 20.2 Å². The van der Waals surface area contributed by atoms with E-state index in [0.29, 0.717) is 11.7 Å². The molecule has 7 nitrogen and oxygen atoms in total. The van der Waals surface area contributed by atoms with E-state index in [9.17, 15) is 9.59 Å². The molecule has 0 radical (unpaired) electrons. The van der Waals surface area contributed by atoms with Crippen molar-refractivity contribution < 1.29 is 4.79 Å². The third-order valence-corrected chi connectivity index (χ3v) is 6.18. The van der Waals surface area contributed by atoms with Crippen LogP contribution in [0, 0.1) is 12.8 Å². The summed E-state index contributed by atoms with van der Waals surface area (Å²) in [5, 5.41) is 7.38. The molecule has 1 aliphatic rings. The van der Waals surface area contributed by atoms with E-state index >= 15 is 0 Å². The van der Waals surface area contributed by atoms with Gasteiger partial charge < -0.3 is 5.32 Å². The summed E-state index contributed by atoms with van der Waals surface area (Å²) in [7, 11) is 0. The molecule has 1 N–H and O–H groups in total. The normalized spacial score (nSPS) is 16.2. The Bertz CT molecular complexity index is 984. The first-order valence-corrected chi connectivity index (χ1v) is 10.3. The van der Waals surface area contributed by atoms with Crippen molar-refractivity contribution in [1.82, 2.24) is 19.3 Å². The highest BCUT2D eigenvalue weighted by atomic mass is 32.1. The lowest BCUT2D eigenvalue weighted by molar-refractivity contribution is -0.121. The first kappa shape index (κ1) is 17.3. The summed E-state index contributed by atoms with van der Waals surface area (Å²) in [5.41, 5.74) is 1.67. The number of rotatable bonds is 4. The Morgan fingerprint density at radius 3 is 2.85 bits per heavy atom. The molecule has 0 unspecified atom stereocenters. The maximum atomic E-state index is 12.4. The number of piperidine rings is 1. The second-order valence-electron chi connectivity index (χ2n) is 6.48. The van der Waals surface area contributed by atoms with Gasteiger partial charge in [0.25, 0.3) is 5.56 Å². The molecule has 136 valence electrons. The maximum absolute atomic E-state index is 12.4. The van der Waals surface area contributed by atoms with Crippen molar-refractivity contribution in [2.45, 2.75) is 26.3 Å². The number of hydrogen-bond donors (Lipinski definition) is 1. The molecular weight excluding hydrogens is 370 g/mol. The van der Waals surface area contributed by atoms with Crippen molar-refractivity contribution in [1.29, 1.82) is 0 Å². The van der Waals surface area contributed by atoms with Gasteiger partial charge >= 0.3 is 0 Å². The van der Waals surface area contributed by atoms with Gasteiger partial charge in [-0.2, -0.15) is 0 Å². The minimum absolute atomic E-state index is 0.00816. The minimum Gasteiger partial charge on any atom is -0.302 e.